The van der Waals surface area contributed by atoms with Gasteiger partial charge in [-0.25, -0.2) is 0 Å². The van der Waals surface area contributed by atoms with E-state index < -0.39 is 0 Å². The molecule has 0 saturated heterocycles. The van der Waals surface area contributed by atoms with Gasteiger partial charge in [-0.3, -0.25) is 0 Å². The first kappa shape index (κ1) is 19.3. The summed E-state index contributed by atoms with van der Waals surface area (Å²) in [7, 11) is 0. The van der Waals surface area contributed by atoms with Crippen LogP contribution in [-0.2, 0) is 0 Å². The minimum atomic E-state index is 0.975. The summed E-state index contributed by atoms with van der Waals surface area (Å²) in [6, 6.07) is 0. The summed E-state index contributed by atoms with van der Waals surface area (Å²) in [5.41, 5.74) is 0. The Labute approximate surface area is 112 Å². The molecular weight excluding hydrogens is 204 g/mol. The van der Waals surface area contributed by atoms with E-state index in [4.69, 9.17) is 0 Å². The molecule has 1 atom stereocenters. The van der Waals surface area contributed by atoms with Crippen LogP contribution in [-0.4, -0.2) is 0 Å². The van der Waals surface area contributed by atoms with Crippen molar-refractivity contribution in [1.82, 2.24) is 0 Å². The van der Waals surface area contributed by atoms with Crippen LogP contribution in [0.25, 0.3) is 0 Å². The third-order valence-electron chi connectivity index (χ3n) is 3.35. The third-order valence-corrected chi connectivity index (χ3v) is 3.35. The summed E-state index contributed by atoms with van der Waals surface area (Å²) in [6.07, 6.45) is 15.8. The maximum absolute atomic E-state index is 2.43. The van der Waals surface area contributed by atoms with Gasteiger partial charge >= 0.3 is 0 Å². The van der Waals surface area contributed by atoms with Crippen LogP contribution in [0.3, 0.4) is 0 Å². The fourth-order valence-corrected chi connectivity index (χ4v) is 2.16. The number of hydrogen-bond acceptors (Lipinski definition) is 0. The van der Waals surface area contributed by atoms with Crippen molar-refractivity contribution in [3.63, 3.8) is 0 Å². The van der Waals surface area contributed by atoms with Crippen molar-refractivity contribution in [3.05, 3.63) is 0 Å². The molecule has 0 spiro atoms. The van der Waals surface area contributed by atoms with Crippen molar-refractivity contribution in [2.24, 2.45) is 5.92 Å². The van der Waals surface area contributed by atoms with Crippen LogP contribution in [0.4, 0.5) is 0 Å². The van der Waals surface area contributed by atoms with E-state index >= 15 is 0 Å². The molecule has 0 aromatic rings. The van der Waals surface area contributed by atoms with Crippen LogP contribution in [0.15, 0.2) is 0 Å². The van der Waals surface area contributed by atoms with E-state index in [2.05, 4.69) is 20.8 Å². The first-order chi connectivity index (χ1) is 8.31. The van der Waals surface area contributed by atoms with E-state index in [1.165, 1.54) is 70.6 Å². The molecular formula is C17H38. The monoisotopic (exact) mass is 242 g/mol. The van der Waals surface area contributed by atoms with Crippen LogP contribution in [0.5, 0.6) is 0 Å². The fourth-order valence-electron chi connectivity index (χ4n) is 2.16. The van der Waals surface area contributed by atoms with Crippen molar-refractivity contribution in [3.8, 4) is 0 Å². The van der Waals surface area contributed by atoms with Crippen LogP contribution in [0.1, 0.15) is 105 Å². The van der Waals surface area contributed by atoms with E-state index in [9.17, 15) is 0 Å². The van der Waals surface area contributed by atoms with Gasteiger partial charge in [0.15, 0.2) is 0 Å². The summed E-state index contributed by atoms with van der Waals surface area (Å²) in [5, 5.41) is 0. The molecule has 0 saturated carbocycles. The Bertz CT molecular complexity index is 107. The number of hydrogen-bond donors (Lipinski definition) is 0. The van der Waals surface area contributed by atoms with Crippen LogP contribution >= 0.6 is 0 Å². The van der Waals surface area contributed by atoms with Crippen molar-refractivity contribution in [2.45, 2.75) is 105 Å². The molecule has 0 fully saturated rings. The van der Waals surface area contributed by atoms with E-state index in [0.717, 1.165) is 5.92 Å². The fraction of sp³-hybridized carbons (Fsp3) is 1.00. The van der Waals surface area contributed by atoms with E-state index in [1.807, 2.05) is 13.8 Å². The quantitative estimate of drug-likeness (QED) is 0.343. The second kappa shape index (κ2) is 18.4. The van der Waals surface area contributed by atoms with Crippen molar-refractivity contribution < 1.29 is 0 Å². The minimum absolute atomic E-state index is 0.975. The van der Waals surface area contributed by atoms with Gasteiger partial charge in [-0.15, -0.1) is 0 Å². The Hall–Kier alpha value is 0. The van der Waals surface area contributed by atoms with E-state index in [1.54, 1.807) is 0 Å². The normalized spacial score (nSPS) is 11.8. The highest BCUT2D eigenvalue weighted by molar-refractivity contribution is 4.54. The van der Waals surface area contributed by atoms with E-state index in [0.29, 0.717) is 0 Å². The Kier molecular flexibility index (Phi) is 20.9. The summed E-state index contributed by atoms with van der Waals surface area (Å²) < 4.78 is 0. The SMILES string of the molecule is CC.CCCCCCCC[C@@H](C)CCCCC. The molecule has 0 radical (unpaired) electrons. The minimum Gasteiger partial charge on any atom is -0.0683 e. The molecule has 0 aliphatic rings. The standard InChI is InChI=1S/C15H32.C2H6/c1-4-6-8-9-10-12-14-15(3)13-11-7-5-2;1-2/h15H,4-14H2,1-3H3;1-2H3/t15-;/m0./s1. The predicted molar refractivity (Wildman–Crippen MR) is 82.6 cm³/mol. The summed E-state index contributed by atoms with van der Waals surface area (Å²) in [4.78, 5) is 0. The van der Waals surface area contributed by atoms with Gasteiger partial charge in [0.25, 0.3) is 0 Å². The zero-order valence-corrected chi connectivity index (χ0v) is 13.4. The average molecular weight is 242 g/mol. The molecule has 106 valence electrons. The average Bonchev–Trinajstić information content (AvgIpc) is 2.36. The highest BCUT2D eigenvalue weighted by atomic mass is 14.1. The van der Waals surface area contributed by atoms with Crippen LogP contribution in [0, 0.1) is 5.92 Å². The molecule has 17 heavy (non-hydrogen) atoms. The van der Waals surface area contributed by atoms with Gasteiger partial charge < -0.3 is 0 Å². The molecule has 0 aromatic heterocycles. The summed E-state index contributed by atoms with van der Waals surface area (Å²) in [5.74, 6) is 0.975. The number of unbranched alkanes of at least 4 members (excludes halogenated alkanes) is 7. The predicted octanol–water partition coefficient (Wildman–Crippen LogP) is 6.98. The first-order valence-electron chi connectivity index (χ1n) is 8.31. The lowest BCUT2D eigenvalue weighted by molar-refractivity contribution is 0.437. The van der Waals surface area contributed by atoms with Gasteiger partial charge in [-0.2, -0.15) is 0 Å². The molecule has 0 bridgehead atoms. The second-order valence-corrected chi connectivity index (χ2v) is 5.16. The topological polar surface area (TPSA) is 0 Å². The molecule has 0 nitrogen and oxygen atoms in total. The zero-order valence-electron chi connectivity index (χ0n) is 13.4. The molecule has 0 amide bonds. The van der Waals surface area contributed by atoms with Crippen molar-refractivity contribution in [1.29, 1.82) is 0 Å². The van der Waals surface area contributed by atoms with Gasteiger partial charge in [0.2, 0.25) is 0 Å². The third kappa shape index (κ3) is 18.6. The lowest BCUT2D eigenvalue weighted by atomic mass is 9.96. The van der Waals surface area contributed by atoms with E-state index in [-0.39, 0.29) is 0 Å². The molecule has 0 heteroatoms. The molecule has 0 rings (SSSR count). The molecule has 0 N–H and O–H groups in total. The lowest BCUT2D eigenvalue weighted by Crippen LogP contribution is -1.94. The Morgan fingerprint density at radius 3 is 1.47 bits per heavy atom. The van der Waals surface area contributed by atoms with Crippen LogP contribution in [0.2, 0.25) is 0 Å². The van der Waals surface area contributed by atoms with Gasteiger partial charge in [0, 0.05) is 0 Å². The molecule has 0 aromatic carbocycles. The summed E-state index contributed by atoms with van der Waals surface area (Å²) in [6.45, 7) is 11.0. The highest BCUT2D eigenvalue weighted by Gasteiger charge is 2.01. The molecule has 0 unspecified atom stereocenters. The van der Waals surface area contributed by atoms with Crippen molar-refractivity contribution in [2.75, 3.05) is 0 Å². The van der Waals surface area contributed by atoms with Gasteiger partial charge in [-0.05, 0) is 5.92 Å². The Balaban J connectivity index is 0. The molecule has 0 heterocycles. The van der Waals surface area contributed by atoms with Crippen molar-refractivity contribution >= 4 is 0 Å². The Morgan fingerprint density at radius 1 is 0.588 bits per heavy atom. The molecule has 0 aliphatic heterocycles. The van der Waals surface area contributed by atoms with Crippen LogP contribution < -0.4 is 0 Å². The van der Waals surface area contributed by atoms with Gasteiger partial charge in [0.1, 0.15) is 0 Å². The largest absolute Gasteiger partial charge is 0.0683 e. The second-order valence-electron chi connectivity index (χ2n) is 5.16. The smallest absolute Gasteiger partial charge is 0.0443 e. The Morgan fingerprint density at radius 2 is 0.941 bits per heavy atom. The molecule has 0 aliphatic carbocycles. The zero-order chi connectivity index (χ0) is 13.4. The number of rotatable bonds is 11. The maximum atomic E-state index is 2.43. The highest BCUT2D eigenvalue weighted by Crippen LogP contribution is 2.17. The van der Waals surface area contributed by atoms with Gasteiger partial charge in [0.05, 0.1) is 0 Å². The van der Waals surface area contributed by atoms with Gasteiger partial charge in [-0.1, -0.05) is 105 Å². The lowest BCUT2D eigenvalue weighted by Gasteiger charge is -2.10. The first-order valence-corrected chi connectivity index (χ1v) is 8.31. The maximum Gasteiger partial charge on any atom is -0.0443 e. The summed E-state index contributed by atoms with van der Waals surface area (Å²) >= 11 is 0.